The molecule has 1 N–H and O–H groups in total. The van der Waals surface area contributed by atoms with Crippen molar-refractivity contribution in [3.63, 3.8) is 0 Å². The molecule has 0 amide bonds. The summed E-state index contributed by atoms with van der Waals surface area (Å²) < 4.78 is 44.2. The Hall–Kier alpha value is -3.00. The number of nitrogens with one attached hydrogen (secondary N) is 1. The molecular weight excluding hydrogens is 394 g/mol. The lowest BCUT2D eigenvalue weighted by atomic mass is 10.0. The first kappa shape index (κ1) is 22.3. The number of para-hydroxylation sites is 1. The fourth-order valence-electron chi connectivity index (χ4n) is 2.77. The van der Waals surface area contributed by atoms with Gasteiger partial charge in [0, 0.05) is 6.08 Å². The van der Waals surface area contributed by atoms with Crippen molar-refractivity contribution >= 4 is 27.8 Å². The lowest BCUT2D eigenvalue weighted by Crippen LogP contribution is -2.16. The fraction of sp³-hybridized carbons (Fsp3) is 0.286. The topological polar surface area (TPSA) is 90.9 Å². The average molecular weight is 419 g/mol. The minimum Gasteiger partial charge on any atom is -0.493 e. The SMILES string of the molecule is COC(=O)/C=C/c1cc(OC)c(OC)c(S(=O)(=O)Nc2ccccc2C(C)C)c1. The zero-order valence-corrected chi connectivity index (χ0v) is 17.9. The molecule has 0 fully saturated rings. The second-order valence-corrected chi connectivity index (χ2v) is 8.11. The van der Waals surface area contributed by atoms with Gasteiger partial charge < -0.3 is 14.2 Å². The van der Waals surface area contributed by atoms with E-state index in [2.05, 4.69) is 9.46 Å². The Bertz CT molecular complexity index is 1010. The highest BCUT2D eigenvalue weighted by atomic mass is 32.2. The highest BCUT2D eigenvalue weighted by molar-refractivity contribution is 7.92. The molecular formula is C21H25NO6S. The lowest BCUT2D eigenvalue weighted by molar-refractivity contribution is -0.134. The highest BCUT2D eigenvalue weighted by Crippen LogP contribution is 2.37. The Morgan fingerprint density at radius 1 is 1.07 bits per heavy atom. The van der Waals surface area contributed by atoms with Crippen LogP contribution in [0.25, 0.3) is 6.08 Å². The number of hydrogen-bond donors (Lipinski definition) is 1. The lowest BCUT2D eigenvalue weighted by Gasteiger charge is -2.18. The van der Waals surface area contributed by atoms with Gasteiger partial charge in [-0.1, -0.05) is 32.0 Å². The zero-order chi connectivity index (χ0) is 21.6. The number of methoxy groups -OCH3 is 3. The van der Waals surface area contributed by atoms with E-state index in [0.717, 1.165) is 5.56 Å². The monoisotopic (exact) mass is 419 g/mol. The summed E-state index contributed by atoms with van der Waals surface area (Å²) in [4.78, 5) is 11.3. The molecule has 0 aromatic heterocycles. The predicted molar refractivity (Wildman–Crippen MR) is 112 cm³/mol. The van der Waals surface area contributed by atoms with E-state index < -0.39 is 16.0 Å². The van der Waals surface area contributed by atoms with E-state index in [0.29, 0.717) is 11.3 Å². The van der Waals surface area contributed by atoms with Gasteiger partial charge in [0.25, 0.3) is 10.0 Å². The summed E-state index contributed by atoms with van der Waals surface area (Å²) in [5.74, 6) is -0.151. The van der Waals surface area contributed by atoms with Crippen molar-refractivity contribution in [2.45, 2.75) is 24.7 Å². The molecule has 2 aromatic carbocycles. The summed E-state index contributed by atoms with van der Waals surface area (Å²) in [6.45, 7) is 3.96. The summed E-state index contributed by atoms with van der Waals surface area (Å²) in [5, 5.41) is 0. The first-order valence-corrected chi connectivity index (χ1v) is 10.4. The third-order valence-electron chi connectivity index (χ3n) is 4.20. The Morgan fingerprint density at radius 2 is 1.76 bits per heavy atom. The minimum atomic E-state index is -4.02. The van der Waals surface area contributed by atoms with Crippen LogP contribution in [0.3, 0.4) is 0 Å². The maximum atomic E-state index is 13.2. The van der Waals surface area contributed by atoms with Crippen molar-refractivity contribution < 1.29 is 27.4 Å². The van der Waals surface area contributed by atoms with E-state index in [1.807, 2.05) is 26.0 Å². The van der Waals surface area contributed by atoms with Crippen molar-refractivity contribution in [3.05, 3.63) is 53.6 Å². The Morgan fingerprint density at radius 3 is 2.34 bits per heavy atom. The standard InChI is InChI=1S/C21H25NO6S/c1-14(2)16-8-6-7-9-17(16)22-29(24,25)19-13-15(10-11-20(23)27-4)12-18(26-3)21(19)28-5/h6-14,22H,1-5H3/b11-10+. The van der Waals surface area contributed by atoms with Crippen LogP contribution in [0.4, 0.5) is 5.69 Å². The van der Waals surface area contributed by atoms with Crippen LogP contribution >= 0.6 is 0 Å². The van der Waals surface area contributed by atoms with E-state index in [-0.39, 0.29) is 22.3 Å². The molecule has 0 aliphatic carbocycles. The van der Waals surface area contributed by atoms with E-state index in [1.54, 1.807) is 18.2 Å². The van der Waals surface area contributed by atoms with Gasteiger partial charge in [-0.2, -0.15) is 0 Å². The number of hydrogen-bond acceptors (Lipinski definition) is 6. The van der Waals surface area contributed by atoms with Gasteiger partial charge >= 0.3 is 5.97 Å². The summed E-state index contributed by atoms with van der Waals surface area (Å²) in [6, 6.07) is 10.2. The second kappa shape index (κ2) is 9.47. The predicted octanol–water partition coefficient (Wildman–Crippen LogP) is 3.81. The smallest absolute Gasteiger partial charge is 0.330 e. The number of esters is 1. The molecule has 29 heavy (non-hydrogen) atoms. The average Bonchev–Trinajstić information content (AvgIpc) is 2.70. The second-order valence-electron chi connectivity index (χ2n) is 6.46. The van der Waals surface area contributed by atoms with Crippen LogP contribution in [0.15, 0.2) is 47.4 Å². The quantitative estimate of drug-likeness (QED) is 0.517. The van der Waals surface area contributed by atoms with E-state index in [1.165, 1.54) is 39.5 Å². The van der Waals surface area contributed by atoms with E-state index in [9.17, 15) is 13.2 Å². The normalized spacial score (nSPS) is 11.5. The van der Waals surface area contributed by atoms with Crippen LogP contribution in [-0.4, -0.2) is 35.7 Å². The molecule has 0 aliphatic rings. The first-order valence-electron chi connectivity index (χ1n) is 8.87. The van der Waals surface area contributed by atoms with Gasteiger partial charge in [-0.25, -0.2) is 13.2 Å². The summed E-state index contributed by atoms with van der Waals surface area (Å²) >= 11 is 0. The summed E-state index contributed by atoms with van der Waals surface area (Å²) in [7, 11) is 0.0111. The largest absolute Gasteiger partial charge is 0.493 e. The fourth-order valence-corrected chi connectivity index (χ4v) is 4.08. The van der Waals surface area contributed by atoms with Crippen molar-refractivity contribution in [1.82, 2.24) is 0 Å². The number of carbonyl (C=O) groups excluding carboxylic acids is 1. The molecule has 0 spiro atoms. The van der Waals surface area contributed by atoms with Crippen molar-refractivity contribution in [3.8, 4) is 11.5 Å². The third-order valence-corrected chi connectivity index (χ3v) is 5.57. The van der Waals surface area contributed by atoms with Crippen molar-refractivity contribution in [2.24, 2.45) is 0 Å². The van der Waals surface area contributed by atoms with Gasteiger partial charge in [0.2, 0.25) is 0 Å². The molecule has 156 valence electrons. The first-order chi connectivity index (χ1) is 13.7. The van der Waals surface area contributed by atoms with Gasteiger partial charge in [-0.15, -0.1) is 0 Å². The molecule has 0 saturated heterocycles. The molecule has 2 aromatic rings. The summed E-state index contributed by atoms with van der Waals surface area (Å²) in [6.07, 6.45) is 2.63. The molecule has 0 heterocycles. The van der Waals surface area contributed by atoms with Gasteiger partial charge in [-0.05, 0) is 41.3 Å². The number of ether oxygens (including phenoxy) is 3. The maximum Gasteiger partial charge on any atom is 0.330 e. The molecule has 7 nitrogen and oxygen atoms in total. The zero-order valence-electron chi connectivity index (χ0n) is 17.1. The number of sulfonamides is 1. The third kappa shape index (κ3) is 5.29. The van der Waals surface area contributed by atoms with E-state index in [4.69, 9.17) is 9.47 Å². The molecule has 2 rings (SSSR count). The van der Waals surface area contributed by atoms with Gasteiger partial charge in [0.15, 0.2) is 11.5 Å². The Balaban J connectivity index is 2.58. The van der Waals surface area contributed by atoms with Gasteiger partial charge in [-0.3, -0.25) is 4.72 Å². The van der Waals surface area contributed by atoms with Crippen LogP contribution in [-0.2, 0) is 19.6 Å². The molecule has 0 atom stereocenters. The van der Waals surface area contributed by atoms with Crippen molar-refractivity contribution in [2.75, 3.05) is 26.1 Å². The molecule has 0 radical (unpaired) electrons. The molecule has 0 saturated carbocycles. The van der Waals surface area contributed by atoms with Crippen LogP contribution in [0.5, 0.6) is 11.5 Å². The number of rotatable bonds is 8. The van der Waals surface area contributed by atoms with Crippen LogP contribution in [0.1, 0.15) is 30.9 Å². The van der Waals surface area contributed by atoms with Crippen LogP contribution in [0.2, 0.25) is 0 Å². The van der Waals surface area contributed by atoms with Gasteiger partial charge in [0.05, 0.1) is 27.0 Å². The minimum absolute atomic E-state index is 0.0669. The van der Waals surface area contributed by atoms with Crippen LogP contribution < -0.4 is 14.2 Å². The molecule has 0 aliphatic heterocycles. The number of carbonyl (C=O) groups is 1. The van der Waals surface area contributed by atoms with Crippen molar-refractivity contribution in [1.29, 1.82) is 0 Å². The number of benzene rings is 2. The van der Waals surface area contributed by atoms with Crippen LogP contribution in [0, 0.1) is 0 Å². The molecule has 0 bridgehead atoms. The maximum absolute atomic E-state index is 13.2. The molecule has 8 heteroatoms. The Labute approximate surface area is 171 Å². The highest BCUT2D eigenvalue weighted by Gasteiger charge is 2.25. The summed E-state index contributed by atoms with van der Waals surface area (Å²) in [5.41, 5.74) is 1.79. The molecule has 0 unspecified atom stereocenters. The van der Waals surface area contributed by atoms with Gasteiger partial charge in [0.1, 0.15) is 4.90 Å². The Kier molecular flexibility index (Phi) is 7.28. The van der Waals surface area contributed by atoms with E-state index >= 15 is 0 Å². The number of anilines is 1.